The van der Waals surface area contributed by atoms with E-state index < -0.39 is 0 Å². The molecule has 0 amide bonds. The Hall–Kier alpha value is -0.930. The third-order valence-corrected chi connectivity index (χ3v) is 3.98. The van der Waals surface area contributed by atoms with Crippen molar-refractivity contribution in [1.82, 2.24) is 10.2 Å². The Labute approximate surface area is 109 Å². The molecule has 2 atom stereocenters. The van der Waals surface area contributed by atoms with Gasteiger partial charge in [-0.15, -0.1) is 0 Å². The number of benzene rings is 1. The van der Waals surface area contributed by atoms with Crippen molar-refractivity contribution in [3.05, 3.63) is 35.6 Å². The van der Waals surface area contributed by atoms with Crippen LogP contribution in [0.2, 0.25) is 0 Å². The van der Waals surface area contributed by atoms with Crippen molar-refractivity contribution in [3.8, 4) is 0 Å². The number of piperidine rings is 1. The summed E-state index contributed by atoms with van der Waals surface area (Å²) in [6.45, 7) is 5.41. The molecule has 100 valence electrons. The lowest BCUT2D eigenvalue weighted by Gasteiger charge is -2.42. The fourth-order valence-corrected chi connectivity index (χ4v) is 2.91. The van der Waals surface area contributed by atoms with Gasteiger partial charge in [0.1, 0.15) is 5.82 Å². The van der Waals surface area contributed by atoms with Crippen LogP contribution in [0.25, 0.3) is 0 Å². The molecule has 1 aliphatic heterocycles. The fraction of sp³-hybridized carbons (Fsp3) is 0.600. The Morgan fingerprint density at radius 2 is 2.06 bits per heavy atom. The molecule has 3 heteroatoms. The predicted octanol–water partition coefficient (Wildman–Crippen LogP) is 2.96. The lowest BCUT2D eigenvalue weighted by Crippen LogP contribution is -2.46. The van der Waals surface area contributed by atoms with Crippen LogP contribution < -0.4 is 5.32 Å². The van der Waals surface area contributed by atoms with E-state index in [1.807, 2.05) is 19.2 Å². The van der Waals surface area contributed by atoms with Crippen LogP contribution >= 0.6 is 0 Å². The maximum Gasteiger partial charge on any atom is 0.127 e. The average Bonchev–Trinajstić information content (AvgIpc) is 2.38. The molecule has 0 radical (unpaired) electrons. The molecule has 0 aromatic heterocycles. The van der Waals surface area contributed by atoms with Crippen molar-refractivity contribution < 1.29 is 4.39 Å². The minimum Gasteiger partial charge on any atom is -0.317 e. The highest BCUT2D eigenvalue weighted by Gasteiger charge is 2.31. The average molecular weight is 250 g/mol. The van der Waals surface area contributed by atoms with Crippen molar-refractivity contribution in [2.75, 3.05) is 13.6 Å². The largest absolute Gasteiger partial charge is 0.317 e. The van der Waals surface area contributed by atoms with Crippen molar-refractivity contribution in [2.24, 2.45) is 0 Å². The second-order valence-electron chi connectivity index (χ2n) is 5.38. The van der Waals surface area contributed by atoms with Crippen molar-refractivity contribution in [1.29, 1.82) is 0 Å². The number of hydrogen-bond donors (Lipinski definition) is 1. The molecule has 0 aliphatic carbocycles. The van der Waals surface area contributed by atoms with Crippen molar-refractivity contribution in [3.63, 3.8) is 0 Å². The minimum absolute atomic E-state index is 0.0788. The first-order valence-corrected chi connectivity index (χ1v) is 6.81. The summed E-state index contributed by atoms with van der Waals surface area (Å²) in [4.78, 5) is 2.41. The minimum atomic E-state index is -0.0788. The summed E-state index contributed by atoms with van der Waals surface area (Å²) in [5.74, 6) is -0.0788. The Balaban J connectivity index is 2.27. The molecule has 18 heavy (non-hydrogen) atoms. The molecule has 1 aromatic carbocycles. The van der Waals surface area contributed by atoms with Crippen LogP contribution in [0.3, 0.4) is 0 Å². The van der Waals surface area contributed by atoms with Crippen LogP contribution in [0.1, 0.15) is 38.3 Å². The molecule has 1 N–H and O–H groups in total. The summed E-state index contributed by atoms with van der Waals surface area (Å²) < 4.78 is 14.0. The Morgan fingerprint density at radius 1 is 1.33 bits per heavy atom. The maximum absolute atomic E-state index is 14.0. The summed E-state index contributed by atoms with van der Waals surface area (Å²) in [6, 6.07) is 8.32. The summed E-state index contributed by atoms with van der Waals surface area (Å²) in [7, 11) is 1.99. The molecule has 0 bridgehead atoms. The third kappa shape index (κ3) is 2.73. The molecule has 2 nitrogen and oxygen atoms in total. The molecule has 1 heterocycles. The van der Waals surface area contributed by atoms with Gasteiger partial charge in [-0.25, -0.2) is 4.39 Å². The van der Waals surface area contributed by atoms with Gasteiger partial charge in [0, 0.05) is 30.2 Å². The van der Waals surface area contributed by atoms with Gasteiger partial charge in [-0.1, -0.05) is 18.2 Å². The zero-order chi connectivity index (χ0) is 13.1. The van der Waals surface area contributed by atoms with Gasteiger partial charge in [-0.3, -0.25) is 4.90 Å². The SMILES string of the molecule is CNC1CCN(C(C)C)C(c2ccccc2F)C1. The summed E-state index contributed by atoms with van der Waals surface area (Å²) in [5.41, 5.74) is 0.839. The van der Waals surface area contributed by atoms with Gasteiger partial charge < -0.3 is 5.32 Å². The van der Waals surface area contributed by atoms with Crippen LogP contribution in [0, 0.1) is 5.82 Å². The number of nitrogens with one attached hydrogen (secondary N) is 1. The molecule has 0 saturated carbocycles. The highest BCUT2D eigenvalue weighted by molar-refractivity contribution is 5.22. The first-order valence-electron chi connectivity index (χ1n) is 6.81. The van der Waals surface area contributed by atoms with Crippen LogP contribution in [0.5, 0.6) is 0 Å². The van der Waals surface area contributed by atoms with E-state index in [2.05, 4.69) is 24.1 Å². The van der Waals surface area contributed by atoms with E-state index >= 15 is 0 Å². The molecular formula is C15H23FN2. The van der Waals surface area contributed by atoms with Gasteiger partial charge >= 0.3 is 0 Å². The van der Waals surface area contributed by atoms with E-state index in [0.717, 1.165) is 24.9 Å². The molecule has 2 rings (SSSR count). The lowest BCUT2D eigenvalue weighted by atomic mass is 9.90. The monoisotopic (exact) mass is 250 g/mol. The van der Waals surface area contributed by atoms with E-state index in [-0.39, 0.29) is 11.9 Å². The van der Waals surface area contributed by atoms with Gasteiger partial charge in [-0.2, -0.15) is 0 Å². The number of rotatable bonds is 3. The van der Waals surface area contributed by atoms with E-state index in [1.165, 1.54) is 0 Å². The molecule has 1 aromatic rings. The normalized spacial score (nSPS) is 25.6. The van der Waals surface area contributed by atoms with Crippen LogP contribution in [0.15, 0.2) is 24.3 Å². The summed E-state index contributed by atoms with van der Waals surface area (Å²) in [6.07, 6.45) is 2.12. The Kier molecular flexibility index (Phi) is 4.36. The third-order valence-electron chi connectivity index (χ3n) is 3.98. The Morgan fingerprint density at radius 3 is 2.67 bits per heavy atom. The van der Waals surface area contributed by atoms with Gasteiger partial charge in [0.25, 0.3) is 0 Å². The molecule has 1 fully saturated rings. The predicted molar refractivity (Wildman–Crippen MR) is 73.1 cm³/mol. The van der Waals surface area contributed by atoms with E-state index in [9.17, 15) is 4.39 Å². The highest BCUT2D eigenvalue weighted by Crippen LogP contribution is 2.33. The van der Waals surface area contributed by atoms with E-state index in [1.54, 1.807) is 12.1 Å². The number of nitrogens with zero attached hydrogens (tertiary/aromatic N) is 1. The second-order valence-corrected chi connectivity index (χ2v) is 5.38. The van der Waals surface area contributed by atoms with Gasteiger partial charge in [0.2, 0.25) is 0 Å². The molecule has 1 aliphatic rings. The number of likely N-dealkylation sites (tertiary alicyclic amines) is 1. The standard InChI is InChI=1S/C15H23FN2/c1-11(2)18-9-8-12(17-3)10-15(18)13-6-4-5-7-14(13)16/h4-7,11-12,15,17H,8-10H2,1-3H3. The molecule has 0 spiro atoms. The van der Waals surface area contributed by atoms with Crippen molar-refractivity contribution >= 4 is 0 Å². The van der Waals surface area contributed by atoms with Gasteiger partial charge in [-0.05, 0) is 39.8 Å². The van der Waals surface area contributed by atoms with Crippen LogP contribution in [-0.2, 0) is 0 Å². The topological polar surface area (TPSA) is 15.3 Å². The molecule has 1 saturated heterocycles. The molecular weight excluding hydrogens is 227 g/mol. The lowest BCUT2D eigenvalue weighted by molar-refractivity contribution is 0.0922. The molecule has 2 unspecified atom stereocenters. The van der Waals surface area contributed by atoms with E-state index in [0.29, 0.717) is 12.1 Å². The van der Waals surface area contributed by atoms with Crippen LogP contribution in [0.4, 0.5) is 4.39 Å². The number of hydrogen-bond acceptors (Lipinski definition) is 2. The summed E-state index contributed by atoms with van der Waals surface area (Å²) >= 11 is 0. The van der Waals surface area contributed by atoms with Crippen molar-refractivity contribution in [2.45, 2.75) is 44.8 Å². The summed E-state index contributed by atoms with van der Waals surface area (Å²) in [5, 5.41) is 3.33. The zero-order valence-corrected chi connectivity index (χ0v) is 11.5. The first-order chi connectivity index (χ1) is 8.63. The second kappa shape index (κ2) is 5.81. The smallest absolute Gasteiger partial charge is 0.127 e. The van der Waals surface area contributed by atoms with Gasteiger partial charge in [0.15, 0.2) is 0 Å². The zero-order valence-electron chi connectivity index (χ0n) is 11.5. The fourth-order valence-electron chi connectivity index (χ4n) is 2.91. The van der Waals surface area contributed by atoms with Crippen LogP contribution in [-0.4, -0.2) is 30.6 Å². The van der Waals surface area contributed by atoms with Gasteiger partial charge in [0.05, 0.1) is 0 Å². The number of halogens is 1. The first kappa shape index (κ1) is 13.5. The highest BCUT2D eigenvalue weighted by atomic mass is 19.1. The maximum atomic E-state index is 14.0. The quantitative estimate of drug-likeness (QED) is 0.887. The Bertz CT molecular complexity index is 392. The van der Waals surface area contributed by atoms with E-state index in [4.69, 9.17) is 0 Å².